The van der Waals surface area contributed by atoms with Gasteiger partial charge < -0.3 is 15.5 Å². The summed E-state index contributed by atoms with van der Waals surface area (Å²) in [5.41, 5.74) is 8.35. The predicted molar refractivity (Wildman–Crippen MR) is 116 cm³/mol. The summed E-state index contributed by atoms with van der Waals surface area (Å²) in [5.74, 6) is -0.731. The molecule has 0 saturated heterocycles. The largest absolute Gasteiger partial charge is 0.396 e. The average Bonchev–Trinajstić information content (AvgIpc) is 3.00. The molecule has 1 amide bonds. The van der Waals surface area contributed by atoms with Crippen molar-refractivity contribution in [2.24, 2.45) is 0 Å². The highest BCUT2D eigenvalue weighted by atomic mass is 35.5. The molecule has 0 unspecified atom stereocenters. The van der Waals surface area contributed by atoms with Crippen LogP contribution in [0.2, 0.25) is 10.0 Å². The van der Waals surface area contributed by atoms with Crippen molar-refractivity contribution in [1.29, 1.82) is 0 Å². The van der Waals surface area contributed by atoms with Crippen LogP contribution in [0.15, 0.2) is 72.9 Å². The zero-order valence-electron chi connectivity index (χ0n) is 15.0. The smallest absolute Gasteiger partial charge is 0.259 e. The number of nitrogens with two attached hydrogens (primary N) is 1. The fourth-order valence-electron chi connectivity index (χ4n) is 3.20. The maximum atomic E-state index is 13.1. The molecule has 7 heteroatoms. The van der Waals surface area contributed by atoms with Gasteiger partial charge in [-0.3, -0.25) is 9.59 Å². The Bertz CT molecular complexity index is 1250. The van der Waals surface area contributed by atoms with Crippen LogP contribution in [0.3, 0.4) is 0 Å². The molecule has 3 N–H and O–H groups in total. The lowest BCUT2D eigenvalue weighted by molar-refractivity contribution is 0.102. The minimum absolute atomic E-state index is 0.107. The van der Waals surface area contributed by atoms with Gasteiger partial charge in [0.25, 0.3) is 5.91 Å². The highest BCUT2D eigenvalue weighted by molar-refractivity contribution is 6.31. The molecule has 0 saturated carbocycles. The number of amides is 1. The zero-order valence-corrected chi connectivity index (χ0v) is 16.5. The molecule has 0 radical (unpaired) electrons. The molecule has 2 heterocycles. The molecular weight excluding hydrogens is 409 g/mol. The van der Waals surface area contributed by atoms with E-state index >= 15 is 0 Å². The van der Waals surface area contributed by atoms with Gasteiger partial charge in [-0.25, -0.2) is 0 Å². The number of carbonyl (C=O) groups excluding carboxylic acids is 2. The summed E-state index contributed by atoms with van der Waals surface area (Å²) in [6, 6.07) is 18.6. The number of hydrogen-bond acceptors (Lipinski definition) is 3. The Morgan fingerprint density at radius 2 is 1.66 bits per heavy atom. The van der Waals surface area contributed by atoms with Crippen molar-refractivity contribution in [3.05, 3.63) is 99.8 Å². The van der Waals surface area contributed by atoms with Gasteiger partial charge in [0.2, 0.25) is 5.78 Å². The Morgan fingerprint density at radius 1 is 0.897 bits per heavy atom. The normalized spacial score (nSPS) is 10.8. The fraction of sp³-hybridized carbons (Fsp3) is 0. The minimum Gasteiger partial charge on any atom is -0.396 e. The number of nitrogens with zero attached hydrogens (tertiary/aromatic N) is 1. The summed E-state index contributed by atoms with van der Waals surface area (Å²) in [4.78, 5) is 26.1. The van der Waals surface area contributed by atoms with Crippen LogP contribution >= 0.6 is 23.2 Å². The first-order valence-corrected chi connectivity index (χ1v) is 9.47. The van der Waals surface area contributed by atoms with Crippen molar-refractivity contribution >= 4 is 51.8 Å². The van der Waals surface area contributed by atoms with Gasteiger partial charge in [-0.1, -0.05) is 35.3 Å². The van der Waals surface area contributed by atoms with E-state index in [0.717, 1.165) is 0 Å². The van der Waals surface area contributed by atoms with Crippen LogP contribution in [-0.2, 0) is 0 Å². The molecular formula is C22H15Cl2N3O2. The first kappa shape index (κ1) is 19.1. The number of halogens is 2. The summed E-state index contributed by atoms with van der Waals surface area (Å²) < 4.78 is 1.62. The quantitative estimate of drug-likeness (QED) is 0.436. The summed E-state index contributed by atoms with van der Waals surface area (Å²) in [5, 5.41) is 3.81. The number of nitrogens with one attached hydrogen (secondary N) is 1. The Kier molecular flexibility index (Phi) is 5.01. The van der Waals surface area contributed by atoms with Crippen molar-refractivity contribution in [2.75, 3.05) is 11.1 Å². The van der Waals surface area contributed by atoms with E-state index in [2.05, 4.69) is 5.32 Å². The lowest BCUT2D eigenvalue weighted by Gasteiger charge is -2.06. The first-order valence-electron chi connectivity index (χ1n) is 8.71. The Morgan fingerprint density at radius 3 is 2.38 bits per heavy atom. The number of pyridine rings is 1. The molecule has 2 aromatic heterocycles. The number of anilines is 2. The van der Waals surface area contributed by atoms with Crippen molar-refractivity contribution in [3.8, 4) is 0 Å². The van der Waals surface area contributed by atoms with Crippen molar-refractivity contribution < 1.29 is 9.59 Å². The minimum atomic E-state index is -0.427. The molecule has 0 bridgehead atoms. The van der Waals surface area contributed by atoms with E-state index in [0.29, 0.717) is 26.8 Å². The van der Waals surface area contributed by atoms with E-state index in [1.807, 2.05) is 0 Å². The van der Waals surface area contributed by atoms with Gasteiger partial charge in [0.15, 0.2) is 0 Å². The van der Waals surface area contributed by atoms with E-state index < -0.39 is 5.91 Å². The number of rotatable bonds is 4. The molecule has 29 heavy (non-hydrogen) atoms. The summed E-state index contributed by atoms with van der Waals surface area (Å²) in [6.07, 6.45) is 1.70. The first-order chi connectivity index (χ1) is 14.0. The molecule has 144 valence electrons. The Labute approximate surface area is 176 Å². The van der Waals surface area contributed by atoms with Gasteiger partial charge in [-0.2, -0.15) is 0 Å². The van der Waals surface area contributed by atoms with E-state index in [4.69, 9.17) is 28.9 Å². The topological polar surface area (TPSA) is 76.6 Å². The van der Waals surface area contributed by atoms with Gasteiger partial charge >= 0.3 is 0 Å². The Hall–Kier alpha value is -3.28. The van der Waals surface area contributed by atoms with Crippen molar-refractivity contribution in [2.45, 2.75) is 0 Å². The number of fused-ring (bicyclic) bond motifs is 1. The summed E-state index contributed by atoms with van der Waals surface area (Å²) in [6.45, 7) is 0. The van der Waals surface area contributed by atoms with Gasteiger partial charge in [0.1, 0.15) is 5.69 Å². The molecule has 0 aliphatic rings. The molecule has 2 aromatic carbocycles. The van der Waals surface area contributed by atoms with Crippen LogP contribution in [0.4, 0.5) is 11.4 Å². The monoisotopic (exact) mass is 423 g/mol. The second-order valence-electron chi connectivity index (χ2n) is 6.39. The summed E-state index contributed by atoms with van der Waals surface area (Å²) >= 11 is 11.9. The number of hydrogen-bond donors (Lipinski definition) is 2. The number of carbonyl (C=O) groups is 2. The Balaban J connectivity index is 1.81. The molecule has 5 nitrogen and oxygen atoms in total. The maximum Gasteiger partial charge on any atom is 0.259 e. The highest BCUT2D eigenvalue weighted by Gasteiger charge is 2.26. The molecule has 0 aliphatic carbocycles. The van der Waals surface area contributed by atoms with Crippen LogP contribution < -0.4 is 11.1 Å². The van der Waals surface area contributed by atoms with Crippen LogP contribution in [0.1, 0.15) is 26.4 Å². The number of benzene rings is 2. The van der Waals surface area contributed by atoms with Crippen molar-refractivity contribution in [3.63, 3.8) is 0 Å². The maximum absolute atomic E-state index is 13.1. The third-order valence-electron chi connectivity index (χ3n) is 4.51. The highest BCUT2D eigenvalue weighted by Crippen LogP contribution is 2.29. The standard InChI is InChI=1S/C22H15Cl2N3O2/c23-14-9-7-13(8-10-14)21(28)20-19(25)18(17-6-1-2-11-27(17)20)22(29)26-16-5-3-4-15(24)12-16/h1-12H,25H2,(H,26,29). The van der Waals surface area contributed by atoms with Crippen LogP contribution in [0.5, 0.6) is 0 Å². The average molecular weight is 424 g/mol. The molecule has 0 aliphatic heterocycles. The van der Waals surface area contributed by atoms with Crippen LogP contribution in [0, 0.1) is 0 Å². The summed E-state index contributed by atoms with van der Waals surface area (Å²) in [7, 11) is 0. The fourth-order valence-corrected chi connectivity index (χ4v) is 3.51. The van der Waals surface area contributed by atoms with E-state index in [1.165, 1.54) is 0 Å². The van der Waals surface area contributed by atoms with Gasteiger partial charge in [-0.15, -0.1) is 0 Å². The van der Waals surface area contributed by atoms with Gasteiger partial charge in [-0.05, 0) is 54.6 Å². The lowest BCUT2D eigenvalue weighted by atomic mass is 10.1. The van der Waals surface area contributed by atoms with Crippen molar-refractivity contribution in [1.82, 2.24) is 4.40 Å². The molecule has 0 fully saturated rings. The molecule has 4 rings (SSSR count). The number of nitrogen functional groups attached to an aromatic ring is 1. The van der Waals surface area contributed by atoms with E-state index in [9.17, 15) is 9.59 Å². The third kappa shape index (κ3) is 3.58. The third-order valence-corrected chi connectivity index (χ3v) is 5.00. The SMILES string of the molecule is Nc1c(C(=O)Nc2cccc(Cl)c2)c2ccccn2c1C(=O)c1ccc(Cl)cc1. The van der Waals surface area contributed by atoms with E-state index in [-0.39, 0.29) is 22.7 Å². The number of ketones is 1. The molecule has 0 atom stereocenters. The second-order valence-corrected chi connectivity index (χ2v) is 7.27. The van der Waals surface area contributed by atoms with Crippen LogP contribution in [-0.4, -0.2) is 16.1 Å². The van der Waals surface area contributed by atoms with Gasteiger partial charge in [0.05, 0.1) is 16.8 Å². The number of aromatic nitrogens is 1. The van der Waals surface area contributed by atoms with Crippen LogP contribution in [0.25, 0.3) is 5.52 Å². The predicted octanol–water partition coefficient (Wildman–Crippen LogP) is 5.31. The van der Waals surface area contributed by atoms with Gasteiger partial charge in [0, 0.05) is 27.5 Å². The van der Waals surface area contributed by atoms with E-state index in [1.54, 1.807) is 77.3 Å². The molecule has 4 aromatic rings. The second kappa shape index (κ2) is 7.62. The zero-order chi connectivity index (χ0) is 20.5. The lowest BCUT2D eigenvalue weighted by Crippen LogP contribution is -2.14. The molecule has 0 spiro atoms.